The molecular formula is C22H40N8. The normalized spacial score (nSPS) is 21.6. The third kappa shape index (κ3) is 7.09. The highest BCUT2D eigenvalue weighted by molar-refractivity contribution is 5.79. The van der Waals surface area contributed by atoms with Gasteiger partial charge >= 0.3 is 0 Å². The number of nitrogens with one attached hydrogen (secondary N) is 2. The summed E-state index contributed by atoms with van der Waals surface area (Å²) in [6.07, 6.45) is 8.95. The molecule has 0 bridgehead atoms. The van der Waals surface area contributed by atoms with Crippen LogP contribution < -0.4 is 15.5 Å². The van der Waals surface area contributed by atoms with Gasteiger partial charge in [0.1, 0.15) is 0 Å². The van der Waals surface area contributed by atoms with Gasteiger partial charge in [-0.05, 0) is 38.8 Å². The van der Waals surface area contributed by atoms with Gasteiger partial charge in [0.25, 0.3) is 0 Å². The predicted octanol–water partition coefficient (Wildman–Crippen LogP) is 1.42. The first-order chi connectivity index (χ1) is 14.8. The SMILES string of the molecule is CCNC(=NCCN1CCCCC1CC)NCCN1CCN(c2ncccn2)CC1. The Kier molecular flexibility index (Phi) is 9.63. The molecule has 3 rings (SSSR count). The van der Waals surface area contributed by atoms with Crippen molar-refractivity contribution in [3.63, 3.8) is 0 Å². The zero-order valence-electron chi connectivity index (χ0n) is 18.9. The summed E-state index contributed by atoms with van der Waals surface area (Å²) in [6.45, 7) is 14.5. The number of likely N-dealkylation sites (tertiary alicyclic amines) is 1. The van der Waals surface area contributed by atoms with Crippen LogP contribution in [0.4, 0.5) is 5.95 Å². The lowest BCUT2D eigenvalue weighted by molar-refractivity contribution is 0.148. The third-order valence-electron chi connectivity index (χ3n) is 6.15. The first kappa shape index (κ1) is 22.7. The lowest BCUT2D eigenvalue weighted by Gasteiger charge is -2.35. The van der Waals surface area contributed by atoms with Gasteiger partial charge in [0, 0.05) is 70.8 Å². The molecule has 2 saturated heterocycles. The average Bonchev–Trinajstić information content (AvgIpc) is 2.80. The molecule has 2 fully saturated rings. The van der Waals surface area contributed by atoms with E-state index in [1.165, 1.54) is 32.2 Å². The van der Waals surface area contributed by atoms with E-state index in [1.54, 1.807) is 0 Å². The summed E-state index contributed by atoms with van der Waals surface area (Å²) < 4.78 is 0. The number of nitrogens with zero attached hydrogens (tertiary/aromatic N) is 6. The molecule has 0 aromatic carbocycles. The Morgan fingerprint density at radius 3 is 2.57 bits per heavy atom. The van der Waals surface area contributed by atoms with Crippen molar-refractivity contribution in [2.75, 3.05) is 70.3 Å². The lowest BCUT2D eigenvalue weighted by Crippen LogP contribution is -2.49. The number of hydrogen-bond donors (Lipinski definition) is 2. The third-order valence-corrected chi connectivity index (χ3v) is 6.15. The smallest absolute Gasteiger partial charge is 0.225 e. The summed E-state index contributed by atoms with van der Waals surface area (Å²) in [5.74, 6) is 1.79. The van der Waals surface area contributed by atoms with Gasteiger partial charge in [0.15, 0.2) is 5.96 Å². The van der Waals surface area contributed by atoms with E-state index < -0.39 is 0 Å². The number of piperidine rings is 1. The van der Waals surface area contributed by atoms with Crippen molar-refractivity contribution >= 4 is 11.9 Å². The van der Waals surface area contributed by atoms with E-state index in [0.717, 1.165) is 76.9 Å². The van der Waals surface area contributed by atoms with E-state index in [0.29, 0.717) is 0 Å². The Balaban J connectivity index is 1.36. The Morgan fingerprint density at radius 1 is 1.03 bits per heavy atom. The van der Waals surface area contributed by atoms with Crippen molar-refractivity contribution in [3.05, 3.63) is 18.5 Å². The van der Waals surface area contributed by atoms with Crippen LogP contribution in [0.15, 0.2) is 23.5 Å². The highest BCUT2D eigenvalue weighted by Crippen LogP contribution is 2.18. The lowest BCUT2D eigenvalue weighted by atomic mass is 10.0. The molecule has 0 spiro atoms. The first-order valence-electron chi connectivity index (χ1n) is 11.8. The van der Waals surface area contributed by atoms with E-state index in [4.69, 9.17) is 4.99 Å². The van der Waals surface area contributed by atoms with E-state index in [2.05, 4.69) is 49.1 Å². The van der Waals surface area contributed by atoms with Crippen molar-refractivity contribution in [2.24, 2.45) is 4.99 Å². The molecule has 3 heterocycles. The van der Waals surface area contributed by atoms with E-state index in [-0.39, 0.29) is 0 Å². The van der Waals surface area contributed by atoms with Crippen LogP contribution in [-0.4, -0.2) is 97.2 Å². The van der Waals surface area contributed by atoms with Crippen LogP contribution in [-0.2, 0) is 0 Å². The fraction of sp³-hybridized carbons (Fsp3) is 0.773. The average molecular weight is 417 g/mol. The Morgan fingerprint density at radius 2 is 1.83 bits per heavy atom. The fourth-order valence-corrected chi connectivity index (χ4v) is 4.41. The molecule has 2 aliphatic heterocycles. The summed E-state index contributed by atoms with van der Waals surface area (Å²) in [6, 6.07) is 2.62. The highest BCUT2D eigenvalue weighted by atomic mass is 15.3. The van der Waals surface area contributed by atoms with Crippen molar-refractivity contribution < 1.29 is 0 Å². The van der Waals surface area contributed by atoms with Crippen LogP contribution >= 0.6 is 0 Å². The van der Waals surface area contributed by atoms with Gasteiger partial charge in [-0.15, -0.1) is 0 Å². The van der Waals surface area contributed by atoms with Crippen molar-refractivity contribution in [1.29, 1.82) is 0 Å². The van der Waals surface area contributed by atoms with E-state index in [1.807, 2.05) is 18.5 Å². The predicted molar refractivity (Wildman–Crippen MR) is 124 cm³/mol. The first-order valence-corrected chi connectivity index (χ1v) is 11.8. The molecule has 2 aliphatic rings. The molecule has 0 radical (unpaired) electrons. The zero-order chi connectivity index (χ0) is 21.0. The number of piperazine rings is 1. The van der Waals surface area contributed by atoms with Gasteiger partial charge in [0.05, 0.1) is 6.54 Å². The molecule has 1 aromatic heterocycles. The van der Waals surface area contributed by atoms with Crippen LogP contribution in [0.1, 0.15) is 39.5 Å². The summed E-state index contributed by atoms with van der Waals surface area (Å²) in [7, 11) is 0. The van der Waals surface area contributed by atoms with Crippen LogP contribution in [0.5, 0.6) is 0 Å². The van der Waals surface area contributed by atoms with Gasteiger partial charge in [-0.1, -0.05) is 13.3 Å². The fourth-order valence-electron chi connectivity index (χ4n) is 4.41. The van der Waals surface area contributed by atoms with Gasteiger partial charge in [0.2, 0.25) is 5.95 Å². The summed E-state index contributed by atoms with van der Waals surface area (Å²) in [5.41, 5.74) is 0. The number of hydrogen-bond acceptors (Lipinski definition) is 6. The molecule has 1 aromatic rings. The minimum atomic E-state index is 0.754. The molecule has 1 unspecified atom stereocenters. The number of aliphatic imine (C=N–C) groups is 1. The second-order valence-corrected chi connectivity index (χ2v) is 8.16. The molecule has 8 heteroatoms. The van der Waals surface area contributed by atoms with Gasteiger partial charge in [-0.3, -0.25) is 14.8 Å². The number of anilines is 1. The summed E-state index contributed by atoms with van der Waals surface area (Å²) in [4.78, 5) is 20.9. The Hall–Kier alpha value is -1.93. The molecule has 168 valence electrons. The maximum Gasteiger partial charge on any atom is 0.225 e. The summed E-state index contributed by atoms with van der Waals surface area (Å²) >= 11 is 0. The van der Waals surface area contributed by atoms with Crippen LogP contribution in [0.3, 0.4) is 0 Å². The second-order valence-electron chi connectivity index (χ2n) is 8.16. The molecule has 0 saturated carbocycles. The zero-order valence-corrected chi connectivity index (χ0v) is 18.9. The van der Waals surface area contributed by atoms with E-state index >= 15 is 0 Å². The number of guanidine groups is 1. The summed E-state index contributed by atoms with van der Waals surface area (Å²) in [5, 5.41) is 6.90. The number of aromatic nitrogens is 2. The molecule has 30 heavy (non-hydrogen) atoms. The molecule has 0 aliphatic carbocycles. The minimum absolute atomic E-state index is 0.754. The maximum atomic E-state index is 4.82. The standard InChI is InChI=1S/C22H40N8/c1-3-20-8-5-6-13-29(20)15-12-25-21(23-4-2)24-11-14-28-16-18-30(19-17-28)22-26-9-7-10-27-22/h7,9-10,20H,3-6,8,11-19H2,1-2H3,(H2,23,24,25). The number of rotatable bonds is 9. The maximum absolute atomic E-state index is 4.82. The Labute approximate surface area is 182 Å². The largest absolute Gasteiger partial charge is 0.357 e. The molecule has 8 nitrogen and oxygen atoms in total. The molecular weight excluding hydrogens is 376 g/mol. The molecule has 1 atom stereocenters. The highest BCUT2D eigenvalue weighted by Gasteiger charge is 2.20. The van der Waals surface area contributed by atoms with Gasteiger partial charge in [-0.2, -0.15) is 0 Å². The van der Waals surface area contributed by atoms with Crippen molar-refractivity contribution in [2.45, 2.75) is 45.6 Å². The van der Waals surface area contributed by atoms with Crippen LogP contribution in [0.25, 0.3) is 0 Å². The van der Waals surface area contributed by atoms with Gasteiger partial charge in [-0.25, -0.2) is 9.97 Å². The van der Waals surface area contributed by atoms with E-state index in [9.17, 15) is 0 Å². The quantitative estimate of drug-likeness (QED) is 0.466. The Bertz CT molecular complexity index is 615. The second kappa shape index (κ2) is 12.7. The van der Waals surface area contributed by atoms with Crippen LogP contribution in [0.2, 0.25) is 0 Å². The minimum Gasteiger partial charge on any atom is -0.357 e. The topological polar surface area (TPSA) is 71.9 Å². The van der Waals surface area contributed by atoms with Crippen LogP contribution in [0, 0.1) is 0 Å². The van der Waals surface area contributed by atoms with Crippen molar-refractivity contribution in [3.8, 4) is 0 Å². The van der Waals surface area contributed by atoms with Gasteiger partial charge < -0.3 is 15.5 Å². The van der Waals surface area contributed by atoms with Crippen molar-refractivity contribution in [1.82, 2.24) is 30.4 Å². The monoisotopic (exact) mass is 416 g/mol. The molecule has 0 amide bonds. The molecule has 2 N–H and O–H groups in total.